The van der Waals surface area contributed by atoms with Crippen LogP contribution in [0.5, 0.6) is 0 Å². The largest absolute Gasteiger partial charge is 0.477 e. The van der Waals surface area contributed by atoms with Gasteiger partial charge in [0.05, 0.1) is 18.4 Å². The van der Waals surface area contributed by atoms with Crippen molar-refractivity contribution in [2.24, 2.45) is 5.92 Å². The Bertz CT molecular complexity index is 1080. The van der Waals surface area contributed by atoms with E-state index in [2.05, 4.69) is 26.9 Å². The number of carboxylic acids is 1. The van der Waals surface area contributed by atoms with Crippen molar-refractivity contribution in [3.8, 4) is 0 Å². The van der Waals surface area contributed by atoms with Crippen molar-refractivity contribution in [2.75, 3.05) is 4.90 Å². The van der Waals surface area contributed by atoms with E-state index in [1.54, 1.807) is 0 Å². The van der Waals surface area contributed by atoms with E-state index < -0.39 is 5.97 Å². The fourth-order valence-corrected chi connectivity index (χ4v) is 6.73. The summed E-state index contributed by atoms with van der Waals surface area (Å²) >= 11 is 0. The number of fused-ring (bicyclic) bond motifs is 2. The molecule has 3 unspecified atom stereocenters. The number of rotatable bonds is 7. The molecule has 35 heavy (non-hydrogen) atoms. The molecule has 2 aromatic rings. The van der Waals surface area contributed by atoms with E-state index in [4.69, 9.17) is 9.26 Å². The summed E-state index contributed by atoms with van der Waals surface area (Å²) in [6.45, 7) is 4.77. The first-order chi connectivity index (χ1) is 17.0. The van der Waals surface area contributed by atoms with Gasteiger partial charge in [0.2, 0.25) is 5.95 Å². The Kier molecular flexibility index (Phi) is 6.03. The van der Waals surface area contributed by atoms with Crippen molar-refractivity contribution >= 4 is 11.9 Å². The van der Waals surface area contributed by atoms with Crippen molar-refractivity contribution in [1.82, 2.24) is 15.1 Å². The van der Waals surface area contributed by atoms with E-state index in [-0.39, 0.29) is 23.9 Å². The molecule has 0 spiro atoms. The first-order valence-corrected chi connectivity index (χ1v) is 13.4. The van der Waals surface area contributed by atoms with E-state index in [1.807, 2.05) is 6.92 Å². The Morgan fingerprint density at radius 2 is 1.86 bits per heavy atom. The van der Waals surface area contributed by atoms with Gasteiger partial charge in [0.1, 0.15) is 5.76 Å². The molecular weight excluding hydrogens is 444 g/mol. The Balaban J connectivity index is 1.17. The van der Waals surface area contributed by atoms with E-state index in [1.165, 1.54) is 50.2 Å². The molecule has 2 aliphatic heterocycles. The zero-order valence-corrected chi connectivity index (χ0v) is 20.8. The highest BCUT2D eigenvalue weighted by Crippen LogP contribution is 2.47. The van der Waals surface area contributed by atoms with Gasteiger partial charge in [0.15, 0.2) is 5.69 Å². The van der Waals surface area contributed by atoms with E-state index in [9.17, 15) is 9.90 Å². The molecule has 2 saturated carbocycles. The number of hydrogen-bond donors (Lipinski definition) is 1. The topological polar surface area (TPSA) is 102 Å². The minimum Gasteiger partial charge on any atom is -0.477 e. The number of aromatic carboxylic acids is 1. The first kappa shape index (κ1) is 23.0. The predicted molar refractivity (Wildman–Crippen MR) is 130 cm³/mol. The van der Waals surface area contributed by atoms with Gasteiger partial charge >= 0.3 is 5.97 Å². The van der Waals surface area contributed by atoms with Crippen LogP contribution in [0.2, 0.25) is 0 Å². The molecular formula is C27H36N4O4. The minimum atomic E-state index is -1.01. The second kappa shape index (κ2) is 9.19. The number of hydrogen-bond acceptors (Lipinski definition) is 7. The fraction of sp³-hybridized carbons (Fsp3) is 0.704. The molecule has 0 aromatic carbocycles. The number of aromatic nitrogens is 3. The lowest BCUT2D eigenvalue weighted by Gasteiger charge is -2.39. The smallest absolute Gasteiger partial charge is 0.354 e. The molecule has 0 amide bonds. The predicted octanol–water partition coefficient (Wildman–Crippen LogP) is 5.36. The molecule has 4 fully saturated rings. The van der Waals surface area contributed by atoms with Gasteiger partial charge in [-0.1, -0.05) is 31.3 Å². The van der Waals surface area contributed by atoms with Crippen molar-refractivity contribution in [2.45, 2.75) is 115 Å². The molecule has 188 valence electrons. The van der Waals surface area contributed by atoms with Crippen molar-refractivity contribution in [3.63, 3.8) is 0 Å². The Morgan fingerprint density at radius 1 is 1.11 bits per heavy atom. The Morgan fingerprint density at radius 3 is 2.54 bits per heavy atom. The van der Waals surface area contributed by atoms with E-state index in [0.29, 0.717) is 36.0 Å². The fourth-order valence-electron chi connectivity index (χ4n) is 6.73. The van der Waals surface area contributed by atoms with Crippen molar-refractivity contribution in [1.29, 1.82) is 0 Å². The third-order valence-corrected chi connectivity index (χ3v) is 8.71. The first-order valence-electron chi connectivity index (χ1n) is 13.4. The summed E-state index contributed by atoms with van der Waals surface area (Å²) in [6, 6.07) is 2.10. The molecule has 2 bridgehead atoms. The van der Waals surface area contributed by atoms with Crippen LogP contribution in [-0.2, 0) is 11.3 Å². The highest BCUT2D eigenvalue weighted by atomic mass is 16.5. The summed E-state index contributed by atoms with van der Waals surface area (Å²) in [7, 11) is 0. The number of carboxylic acid groups (broad SMARTS) is 1. The zero-order valence-electron chi connectivity index (χ0n) is 20.8. The molecule has 5 atom stereocenters. The average molecular weight is 481 g/mol. The molecule has 1 N–H and O–H groups in total. The standard InChI is InChI=1S/C27H36N4O4/c1-15-5-3-4-6-21(15)24-22(25(35-30-24)17-7-8-17)14-34-20-12-18-9-10-19(13-20)31(18)27-28-16(2)11-23(29-27)26(32)33/h11,15,17-21H,3-10,12-14H2,1-2H3,(H,32,33)/t15?,18-,19?,20-,21?/m0/s1. The molecule has 2 saturated heterocycles. The number of aryl methyl sites for hydroxylation is 1. The summed E-state index contributed by atoms with van der Waals surface area (Å²) in [4.78, 5) is 22.7. The van der Waals surface area contributed by atoms with Gasteiger partial charge in [-0.15, -0.1) is 0 Å². The van der Waals surface area contributed by atoms with Gasteiger partial charge in [-0.25, -0.2) is 14.8 Å². The second-order valence-corrected chi connectivity index (χ2v) is 11.2. The molecule has 4 heterocycles. The quantitative estimate of drug-likeness (QED) is 0.565. The summed E-state index contributed by atoms with van der Waals surface area (Å²) in [5.74, 6) is 2.27. The summed E-state index contributed by atoms with van der Waals surface area (Å²) in [5.41, 5.74) is 3.15. The summed E-state index contributed by atoms with van der Waals surface area (Å²) < 4.78 is 12.5. The minimum absolute atomic E-state index is 0.0646. The van der Waals surface area contributed by atoms with E-state index in [0.717, 1.165) is 37.1 Å². The third kappa shape index (κ3) is 4.46. The van der Waals surface area contributed by atoms with Gasteiger partial charge in [-0.3, -0.25) is 0 Å². The molecule has 0 radical (unpaired) electrons. The van der Waals surface area contributed by atoms with Crippen LogP contribution in [0.15, 0.2) is 10.6 Å². The number of anilines is 1. The Hall–Kier alpha value is -2.48. The molecule has 4 aliphatic rings. The zero-order chi connectivity index (χ0) is 24.1. The van der Waals surface area contributed by atoms with Crippen molar-refractivity contribution in [3.05, 3.63) is 34.5 Å². The van der Waals surface area contributed by atoms with Crippen LogP contribution >= 0.6 is 0 Å². The Labute approximate surface area is 206 Å². The third-order valence-electron chi connectivity index (χ3n) is 8.71. The number of carbonyl (C=O) groups is 1. The second-order valence-electron chi connectivity index (χ2n) is 11.2. The van der Waals surface area contributed by atoms with Crippen LogP contribution in [0, 0.1) is 12.8 Å². The van der Waals surface area contributed by atoms with Crippen LogP contribution in [0.3, 0.4) is 0 Å². The average Bonchev–Trinajstić information content (AvgIpc) is 3.54. The van der Waals surface area contributed by atoms with Gasteiger partial charge in [0.25, 0.3) is 0 Å². The highest BCUT2D eigenvalue weighted by molar-refractivity contribution is 5.85. The van der Waals surface area contributed by atoms with Gasteiger partial charge < -0.3 is 19.3 Å². The lowest BCUT2D eigenvalue weighted by molar-refractivity contribution is 0.0137. The molecule has 8 nitrogen and oxygen atoms in total. The van der Waals surface area contributed by atoms with Crippen LogP contribution in [0.4, 0.5) is 5.95 Å². The van der Waals surface area contributed by atoms with Crippen LogP contribution in [0.25, 0.3) is 0 Å². The van der Waals surface area contributed by atoms with Crippen LogP contribution < -0.4 is 4.90 Å². The maximum absolute atomic E-state index is 11.5. The number of piperidine rings is 1. The molecule has 2 aromatic heterocycles. The lowest BCUT2D eigenvalue weighted by atomic mass is 9.77. The molecule has 8 heteroatoms. The number of nitrogens with zero attached hydrogens (tertiary/aromatic N) is 4. The monoisotopic (exact) mass is 480 g/mol. The maximum atomic E-state index is 11.5. The van der Waals surface area contributed by atoms with Crippen LogP contribution in [0.1, 0.15) is 116 Å². The van der Waals surface area contributed by atoms with Crippen molar-refractivity contribution < 1.29 is 19.2 Å². The van der Waals surface area contributed by atoms with Gasteiger partial charge in [0, 0.05) is 35.2 Å². The SMILES string of the molecule is Cc1cc(C(=O)O)nc(N2C3CC[C@H]2C[C@H](OCc2c(C4CCCCC4C)noc2C2CC2)C3)n1. The van der Waals surface area contributed by atoms with E-state index >= 15 is 0 Å². The highest BCUT2D eigenvalue weighted by Gasteiger charge is 2.43. The molecule has 6 rings (SSSR count). The summed E-state index contributed by atoms with van der Waals surface area (Å²) in [6.07, 6.45) is 11.6. The molecule has 2 aliphatic carbocycles. The maximum Gasteiger partial charge on any atom is 0.354 e. The normalized spacial score (nSPS) is 30.6. The summed E-state index contributed by atoms with van der Waals surface area (Å²) in [5, 5.41) is 14.1. The lowest BCUT2D eigenvalue weighted by Crippen LogP contribution is -2.46. The number of ether oxygens (including phenoxy) is 1. The van der Waals surface area contributed by atoms with Gasteiger partial charge in [-0.2, -0.15) is 0 Å². The van der Waals surface area contributed by atoms with Crippen LogP contribution in [-0.4, -0.2) is 44.4 Å². The van der Waals surface area contributed by atoms with Gasteiger partial charge in [-0.05, 0) is 63.9 Å².